The number of likely N-dealkylation sites (tertiary alicyclic amines) is 1. The molecule has 1 amide bonds. The number of nitrogens with one attached hydrogen (secondary N) is 1. The fourth-order valence-electron chi connectivity index (χ4n) is 2.82. The Bertz CT molecular complexity index is 557. The van der Waals surface area contributed by atoms with Crippen molar-refractivity contribution in [2.75, 3.05) is 13.1 Å². The quantitative estimate of drug-likeness (QED) is 0.899. The Morgan fingerprint density at radius 3 is 3.11 bits per heavy atom. The molecule has 1 N–H and O–H groups in total. The fourth-order valence-corrected chi connectivity index (χ4v) is 2.82. The van der Waals surface area contributed by atoms with Crippen LogP contribution < -0.4 is 0 Å². The number of rotatable bonds is 2. The van der Waals surface area contributed by atoms with Crippen LogP contribution in [0.5, 0.6) is 0 Å². The number of benzene rings is 1. The van der Waals surface area contributed by atoms with Crippen molar-refractivity contribution in [3.63, 3.8) is 0 Å². The first kappa shape index (κ1) is 12.2. The Hall–Kier alpha value is -1.84. The van der Waals surface area contributed by atoms with Gasteiger partial charge < -0.3 is 9.88 Å². The molecule has 100 valence electrons. The summed E-state index contributed by atoms with van der Waals surface area (Å²) in [5.41, 5.74) is 2.09. The molecule has 0 radical (unpaired) electrons. The molecule has 1 aliphatic heterocycles. The molecule has 1 aromatic heterocycles. The van der Waals surface area contributed by atoms with Crippen molar-refractivity contribution in [1.82, 2.24) is 14.9 Å². The van der Waals surface area contributed by atoms with Gasteiger partial charge in [0.15, 0.2) is 0 Å². The van der Waals surface area contributed by atoms with Gasteiger partial charge in [-0.05, 0) is 25.0 Å². The van der Waals surface area contributed by atoms with E-state index in [0.29, 0.717) is 12.3 Å². The van der Waals surface area contributed by atoms with Gasteiger partial charge in [-0.2, -0.15) is 0 Å². The summed E-state index contributed by atoms with van der Waals surface area (Å²) in [4.78, 5) is 21.8. The van der Waals surface area contributed by atoms with Crippen LogP contribution in [-0.4, -0.2) is 33.9 Å². The lowest BCUT2D eigenvalue weighted by Crippen LogP contribution is -2.38. The highest BCUT2D eigenvalue weighted by atomic mass is 16.2. The van der Waals surface area contributed by atoms with Crippen LogP contribution in [0.4, 0.5) is 0 Å². The van der Waals surface area contributed by atoms with E-state index in [4.69, 9.17) is 0 Å². The van der Waals surface area contributed by atoms with Crippen molar-refractivity contribution >= 4 is 16.9 Å². The van der Waals surface area contributed by atoms with E-state index in [1.807, 2.05) is 36.1 Å². The number of carbonyl (C=O) groups is 1. The van der Waals surface area contributed by atoms with E-state index in [1.165, 1.54) is 0 Å². The molecule has 4 heteroatoms. The molecule has 1 aromatic carbocycles. The number of amides is 1. The maximum Gasteiger partial charge on any atom is 0.222 e. The van der Waals surface area contributed by atoms with Crippen molar-refractivity contribution in [1.29, 1.82) is 0 Å². The van der Waals surface area contributed by atoms with E-state index in [9.17, 15) is 4.79 Å². The number of para-hydroxylation sites is 2. The second-order valence-corrected chi connectivity index (χ2v) is 5.17. The lowest BCUT2D eigenvalue weighted by molar-refractivity contribution is -0.132. The Balaban J connectivity index is 1.83. The summed E-state index contributed by atoms with van der Waals surface area (Å²) in [5, 5.41) is 0. The smallest absolute Gasteiger partial charge is 0.222 e. The van der Waals surface area contributed by atoms with Crippen LogP contribution in [0.25, 0.3) is 11.0 Å². The maximum absolute atomic E-state index is 11.8. The second-order valence-electron chi connectivity index (χ2n) is 5.17. The third-order valence-electron chi connectivity index (χ3n) is 3.87. The van der Waals surface area contributed by atoms with Crippen LogP contribution in [0.15, 0.2) is 24.3 Å². The summed E-state index contributed by atoms with van der Waals surface area (Å²) < 4.78 is 0. The number of piperidine rings is 1. The number of aromatic amines is 1. The first-order chi connectivity index (χ1) is 9.28. The minimum Gasteiger partial charge on any atom is -0.342 e. The number of aromatic nitrogens is 2. The van der Waals surface area contributed by atoms with E-state index < -0.39 is 0 Å². The summed E-state index contributed by atoms with van der Waals surface area (Å²) >= 11 is 0. The molecular weight excluding hydrogens is 238 g/mol. The molecule has 0 bridgehead atoms. The third-order valence-corrected chi connectivity index (χ3v) is 3.87. The van der Waals surface area contributed by atoms with Gasteiger partial charge in [-0.3, -0.25) is 4.79 Å². The van der Waals surface area contributed by atoms with Crippen molar-refractivity contribution in [3.8, 4) is 0 Å². The first-order valence-corrected chi connectivity index (χ1v) is 7.00. The van der Waals surface area contributed by atoms with Gasteiger partial charge in [-0.1, -0.05) is 19.1 Å². The number of carbonyl (C=O) groups excluding carboxylic acids is 1. The molecule has 0 spiro atoms. The van der Waals surface area contributed by atoms with Gasteiger partial charge >= 0.3 is 0 Å². The average Bonchev–Trinajstić information content (AvgIpc) is 2.90. The van der Waals surface area contributed by atoms with Crippen molar-refractivity contribution in [2.45, 2.75) is 32.1 Å². The van der Waals surface area contributed by atoms with Gasteiger partial charge in [0, 0.05) is 25.4 Å². The van der Waals surface area contributed by atoms with E-state index >= 15 is 0 Å². The highest BCUT2D eigenvalue weighted by Crippen LogP contribution is 2.26. The minimum atomic E-state index is 0.251. The molecule has 19 heavy (non-hydrogen) atoms. The number of H-pyrrole nitrogens is 1. The zero-order valence-corrected chi connectivity index (χ0v) is 11.2. The molecule has 3 rings (SSSR count). The van der Waals surface area contributed by atoms with Crippen molar-refractivity contribution in [2.24, 2.45) is 0 Å². The molecule has 1 fully saturated rings. The Kier molecular flexibility index (Phi) is 3.23. The van der Waals surface area contributed by atoms with E-state index in [-0.39, 0.29) is 5.91 Å². The van der Waals surface area contributed by atoms with Gasteiger partial charge in [0.2, 0.25) is 5.91 Å². The predicted octanol–water partition coefficient (Wildman–Crippen LogP) is 2.68. The van der Waals surface area contributed by atoms with Gasteiger partial charge in [0.1, 0.15) is 5.82 Å². The molecule has 1 atom stereocenters. The average molecular weight is 257 g/mol. The third kappa shape index (κ3) is 2.35. The van der Waals surface area contributed by atoms with Crippen molar-refractivity contribution in [3.05, 3.63) is 30.1 Å². The van der Waals surface area contributed by atoms with Crippen LogP contribution >= 0.6 is 0 Å². The van der Waals surface area contributed by atoms with Crippen LogP contribution in [0.3, 0.4) is 0 Å². The summed E-state index contributed by atoms with van der Waals surface area (Å²) in [7, 11) is 0. The van der Waals surface area contributed by atoms with Gasteiger partial charge in [-0.15, -0.1) is 0 Å². The summed E-state index contributed by atoms with van der Waals surface area (Å²) in [5.74, 6) is 1.62. The van der Waals surface area contributed by atoms with Crippen LogP contribution in [0, 0.1) is 0 Å². The summed E-state index contributed by atoms with van der Waals surface area (Å²) in [6.07, 6.45) is 2.76. The molecule has 1 unspecified atom stereocenters. The molecule has 1 saturated heterocycles. The Morgan fingerprint density at radius 2 is 2.32 bits per heavy atom. The monoisotopic (exact) mass is 257 g/mol. The molecule has 0 saturated carbocycles. The number of fused-ring (bicyclic) bond motifs is 1. The normalized spacial score (nSPS) is 19.8. The van der Waals surface area contributed by atoms with Crippen LogP contribution in [0.1, 0.15) is 37.9 Å². The number of imidazole rings is 1. The molecule has 2 heterocycles. The largest absolute Gasteiger partial charge is 0.342 e. The predicted molar refractivity (Wildman–Crippen MR) is 74.9 cm³/mol. The van der Waals surface area contributed by atoms with Crippen LogP contribution in [0.2, 0.25) is 0 Å². The zero-order valence-electron chi connectivity index (χ0n) is 11.2. The lowest BCUT2D eigenvalue weighted by Gasteiger charge is -2.31. The fraction of sp³-hybridized carbons (Fsp3) is 0.467. The molecule has 2 aromatic rings. The highest BCUT2D eigenvalue weighted by Gasteiger charge is 2.25. The topological polar surface area (TPSA) is 49.0 Å². The van der Waals surface area contributed by atoms with Crippen LogP contribution in [-0.2, 0) is 4.79 Å². The highest BCUT2D eigenvalue weighted by molar-refractivity contribution is 5.76. The Labute approximate surface area is 112 Å². The van der Waals surface area contributed by atoms with E-state index in [0.717, 1.165) is 42.8 Å². The molecule has 0 aliphatic carbocycles. The zero-order chi connectivity index (χ0) is 13.2. The lowest BCUT2D eigenvalue weighted by atomic mass is 9.97. The standard InChI is InChI=1S/C15H19N3O/c1-2-14(19)18-9-5-6-11(10-18)15-16-12-7-3-4-8-13(12)17-15/h3-4,7-8,11H,2,5-6,9-10H2,1H3,(H,16,17). The van der Waals surface area contributed by atoms with Gasteiger partial charge in [0.05, 0.1) is 11.0 Å². The number of hydrogen-bond acceptors (Lipinski definition) is 2. The Morgan fingerprint density at radius 1 is 1.47 bits per heavy atom. The molecule has 1 aliphatic rings. The minimum absolute atomic E-state index is 0.251. The summed E-state index contributed by atoms with van der Waals surface area (Å²) in [6.45, 7) is 3.61. The summed E-state index contributed by atoms with van der Waals surface area (Å²) in [6, 6.07) is 8.08. The maximum atomic E-state index is 11.8. The molecule has 4 nitrogen and oxygen atoms in total. The first-order valence-electron chi connectivity index (χ1n) is 7.00. The van der Waals surface area contributed by atoms with Crippen molar-refractivity contribution < 1.29 is 4.79 Å². The van der Waals surface area contributed by atoms with Gasteiger partial charge in [0.25, 0.3) is 0 Å². The number of hydrogen-bond donors (Lipinski definition) is 1. The van der Waals surface area contributed by atoms with E-state index in [1.54, 1.807) is 0 Å². The SMILES string of the molecule is CCC(=O)N1CCCC(c2nc3ccccc3[nH]2)C1. The number of nitrogens with zero attached hydrogens (tertiary/aromatic N) is 2. The second kappa shape index (κ2) is 5.03. The van der Waals surface area contributed by atoms with E-state index in [2.05, 4.69) is 9.97 Å². The van der Waals surface area contributed by atoms with Gasteiger partial charge in [-0.25, -0.2) is 4.98 Å². The molecular formula is C15H19N3O.